The van der Waals surface area contributed by atoms with Crippen LogP contribution in [0.15, 0.2) is 58.1 Å². The van der Waals surface area contributed by atoms with Gasteiger partial charge in [-0.1, -0.05) is 50.2 Å². The molecule has 33 heavy (non-hydrogen) atoms. The summed E-state index contributed by atoms with van der Waals surface area (Å²) in [6.45, 7) is 8.04. The molecular weight excluding hydrogens is 414 g/mol. The second-order valence-electron chi connectivity index (χ2n) is 9.09. The topological polar surface area (TPSA) is 65.1 Å². The number of rotatable bonds is 4. The van der Waals surface area contributed by atoms with E-state index in [1.165, 1.54) is 14.7 Å². The summed E-state index contributed by atoms with van der Waals surface area (Å²) in [5.74, 6) is 1.04. The number of fused-ring (bicyclic) bond motifs is 3. The van der Waals surface area contributed by atoms with E-state index in [-0.39, 0.29) is 17.8 Å². The van der Waals surface area contributed by atoms with Crippen LogP contribution in [0.25, 0.3) is 11.2 Å². The number of aryl methyl sites for hydroxylation is 3. The Morgan fingerprint density at radius 2 is 1.76 bits per heavy atom. The predicted molar refractivity (Wildman–Crippen MR) is 132 cm³/mol. The van der Waals surface area contributed by atoms with Crippen LogP contribution < -0.4 is 16.1 Å². The zero-order valence-electron chi connectivity index (χ0n) is 19.6. The molecule has 1 aliphatic heterocycles. The Morgan fingerprint density at radius 1 is 1.03 bits per heavy atom. The highest BCUT2D eigenvalue weighted by molar-refractivity contribution is 5.77. The van der Waals surface area contributed by atoms with E-state index in [0.29, 0.717) is 29.6 Å². The molecule has 0 amide bonds. The van der Waals surface area contributed by atoms with Gasteiger partial charge in [-0.3, -0.25) is 13.9 Å². The van der Waals surface area contributed by atoms with Gasteiger partial charge < -0.3 is 9.47 Å². The summed E-state index contributed by atoms with van der Waals surface area (Å²) in [7, 11) is 1.70. The van der Waals surface area contributed by atoms with Crippen molar-refractivity contribution in [3.8, 4) is 0 Å². The maximum Gasteiger partial charge on any atom is 0.332 e. The first-order valence-electron chi connectivity index (χ1n) is 11.5. The molecule has 0 N–H and O–H groups in total. The lowest BCUT2D eigenvalue weighted by atomic mass is 10.1. The Hall–Kier alpha value is -3.61. The van der Waals surface area contributed by atoms with Crippen LogP contribution in [-0.4, -0.2) is 25.2 Å². The standard InChI is InChI=1S/C26H29N5O2/c1-5-19-10-12-21(13-11-19)29-14-17(2)15-30-22-23(27-25(29)30)28(4)26(33)31(24(22)32)16-20-9-7-6-8-18(20)3/h6-13,17H,5,14-16H2,1-4H3. The first kappa shape index (κ1) is 21.2. The molecule has 0 saturated carbocycles. The molecule has 1 unspecified atom stereocenters. The fourth-order valence-electron chi connectivity index (χ4n) is 4.73. The van der Waals surface area contributed by atoms with Crippen LogP contribution in [0, 0.1) is 12.8 Å². The lowest BCUT2D eigenvalue weighted by Gasteiger charge is -2.33. The Bertz CT molecular complexity index is 1460. The third-order valence-electron chi connectivity index (χ3n) is 6.69. The lowest BCUT2D eigenvalue weighted by molar-refractivity contribution is 0.458. The molecule has 0 spiro atoms. The Labute approximate surface area is 192 Å². The van der Waals surface area contributed by atoms with Crippen molar-refractivity contribution in [1.82, 2.24) is 18.7 Å². The van der Waals surface area contributed by atoms with Crippen molar-refractivity contribution >= 4 is 22.8 Å². The molecule has 0 radical (unpaired) electrons. The maximum absolute atomic E-state index is 13.7. The number of hydrogen-bond donors (Lipinski definition) is 0. The minimum absolute atomic E-state index is 0.242. The van der Waals surface area contributed by atoms with E-state index >= 15 is 0 Å². The van der Waals surface area contributed by atoms with E-state index in [4.69, 9.17) is 4.98 Å². The van der Waals surface area contributed by atoms with Crippen molar-refractivity contribution < 1.29 is 0 Å². The van der Waals surface area contributed by atoms with Gasteiger partial charge in [0.15, 0.2) is 11.2 Å². The summed E-state index contributed by atoms with van der Waals surface area (Å²) >= 11 is 0. The molecule has 7 nitrogen and oxygen atoms in total. The van der Waals surface area contributed by atoms with Crippen LogP contribution in [0.1, 0.15) is 30.5 Å². The summed E-state index contributed by atoms with van der Waals surface area (Å²) in [5, 5.41) is 0. The van der Waals surface area contributed by atoms with Gasteiger partial charge in [-0.05, 0) is 48.1 Å². The van der Waals surface area contributed by atoms with Crippen LogP contribution >= 0.6 is 0 Å². The van der Waals surface area contributed by atoms with Crippen molar-refractivity contribution in [2.24, 2.45) is 13.0 Å². The van der Waals surface area contributed by atoms with Crippen molar-refractivity contribution in [1.29, 1.82) is 0 Å². The van der Waals surface area contributed by atoms with E-state index in [9.17, 15) is 9.59 Å². The van der Waals surface area contributed by atoms with Crippen LogP contribution in [0.3, 0.4) is 0 Å². The van der Waals surface area contributed by atoms with Gasteiger partial charge in [-0.2, -0.15) is 4.98 Å². The van der Waals surface area contributed by atoms with Crippen molar-refractivity contribution in [2.75, 3.05) is 11.4 Å². The van der Waals surface area contributed by atoms with Crippen molar-refractivity contribution in [2.45, 2.75) is 40.3 Å². The van der Waals surface area contributed by atoms with Crippen LogP contribution in [-0.2, 0) is 26.6 Å². The molecule has 0 fully saturated rings. The van der Waals surface area contributed by atoms with Gasteiger partial charge in [0.05, 0.1) is 6.54 Å². The molecule has 0 saturated heterocycles. The monoisotopic (exact) mass is 443 g/mol. The molecule has 0 aliphatic carbocycles. The SMILES string of the molecule is CCc1ccc(N2CC(C)Cn3c2nc2c3c(=O)n(Cc3ccccc3C)c(=O)n2C)cc1. The number of imidazole rings is 1. The second-order valence-corrected chi connectivity index (χ2v) is 9.09. The summed E-state index contributed by atoms with van der Waals surface area (Å²) in [6.07, 6.45) is 0.984. The molecule has 1 atom stereocenters. The summed E-state index contributed by atoms with van der Waals surface area (Å²) in [5.41, 5.74) is 4.62. The highest BCUT2D eigenvalue weighted by Crippen LogP contribution is 2.33. The molecule has 5 rings (SSSR count). The predicted octanol–water partition coefficient (Wildman–Crippen LogP) is 3.60. The number of benzene rings is 2. The zero-order chi connectivity index (χ0) is 23.3. The fourth-order valence-corrected chi connectivity index (χ4v) is 4.73. The quantitative estimate of drug-likeness (QED) is 0.483. The number of nitrogens with zero attached hydrogens (tertiary/aromatic N) is 5. The molecule has 0 bridgehead atoms. The van der Waals surface area contributed by atoms with Gasteiger partial charge >= 0.3 is 5.69 Å². The van der Waals surface area contributed by atoms with Gasteiger partial charge in [-0.15, -0.1) is 0 Å². The molecule has 2 aromatic carbocycles. The number of hydrogen-bond acceptors (Lipinski definition) is 4. The van der Waals surface area contributed by atoms with Crippen LogP contribution in [0.5, 0.6) is 0 Å². The van der Waals surface area contributed by atoms with Gasteiger partial charge in [0.25, 0.3) is 5.56 Å². The third kappa shape index (κ3) is 3.48. The minimum atomic E-state index is -0.349. The molecule has 170 valence electrons. The number of anilines is 2. The fraction of sp³-hybridized carbons (Fsp3) is 0.346. The normalized spacial score (nSPS) is 15.8. The van der Waals surface area contributed by atoms with E-state index in [0.717, 1.165) is 29.8 Å². The highest BCUT2D eigenvalue weighted by Gasteiger charge is 2.29. The lowest BCUT2D eigenvalue weighted by Crippen LogP contribution is -2.40. The number of aromatic nitrogens is 4. The van der Waals surface area contributed by atoms with Crippen LogP contribution in [0.4, 0.5) is 11.6 Å². The average molecular weight is 444 g/mol. The van der Waals surface area contributed by atoms with Gasteiger partial charge in [0, 0.05) is 25.8 Å². The smallest absolute Gasteiger partial charge is 0.312 e. The van der Waals surface area contributed by atoms with Gasteiger partial charge in [0.1, 0.15) is 0 Å². The molecule has 1 aliphatic rings. The zero-order valence-corrected chi connectivity index (χ0v) is 19.6. The van der Waals surface area contributed by atoms with Gasteiger partial charge in [-0.25, -0.2) is 4.79 Å². The maximum atomic E-state index is 13.7. The van der Waals surface area contributed by atoms with E-state index in [1.54, 1.807) is 7.05 Å². The van der Waals surface area contributed by atoms with E-state index < -0.39 is 0 Å². The first-order valence-corrected chi connectivity index (χ1v) is 11.5. The summed E-state index contributed by atoms with van der Waals surface area (Å²) < 4.78 is 4.83. The molecule has 2 aromatic heterocycles. The molecular formula is C26H29N5O2. The Kier molecular flexibility index (Phi) is 5.19. The van der Waals surface area contributed by atoms with E-state index in [1.807, 2.05) is 35.8 Å². The largest absolute Gasteiger partial charge is 0.332 e. The summed E-state index contributed by atoms with van der Waals surface area (Å²) in [4.78, 5) is 33.8. The highest BCUT2D eigenvalue weighted by atomic mass is 16.2. The Balaban J connectivity index is 1.70. The molecule has 4 aromatic rings. The van der Waals surface area contributed by atoms with Crippen LogP contribution in [0.2, 0.25) is 0 Å². The Morgan fingerprint density at radius 3 is 2.45 bits per heavy atom. The van der Waals surface area contributed by atoms with Crippen molar-refractivity contribution in [3.63, 3.8) is 0 Å². The third-order valence-corrected chi connectivity index (χ3v) is 6.69. The second kappa shape index (κ2) is 8.06. The van der Waals surface area contributed by atoms with Gasteiger partial charge in [0.2, 0.25) is 5.95 Å². The minimum Gasteiger partial charge on any atom is -0.312 e. The first-order chi connectivity index (χ1) is 15.9. The van der Waals surface area contributed by atoms with Crippen molar-refractivity contribution in [3.05, 3.63) is 86.1 Å². The van der Waals surface area contributed by atoms with E-state index in [2.05, 4.69) is 43.0 Å². The average Bonchev–Trinajstić information content (AvgIpc) is 3.20. The molecule has 7 heteroatoms. The summed E-state index contributed by atoms with van der Waals surface area (Å²) in [6, 6.07) is 16.3. The molecule has 3 heterocycles.